The second-order valence-corrected chi connectivity index (χ2v) is 4.68. The van der Waals surface area contributed by atoms with Crippen LogP contribution in [-0.2, 0) is 4.79 Å². The Bertz CT molecular complexity index is 498. The fraction of sp³-hybridized carbons (Fsp3) is 0.231. The quantitative estimate of drug-likeness (QED) is 0.847. The van der Waals surface area contributed by atoms with Gasteiger partial charge in [0, 0.05) is 17.4 Å². The summed E-state index contributed by atoms with van der Waals surface area (Å²) in [5, 5.41) is 3.43. The van der Waals surface area contributed by atoms with E-state index in [0.29, 0.717) is 5.17 Å². The van der Waals surface area contributed by atoms with Crippen molar-refractivity contribution in [3.8, 4) is 5.75 Å². The van der Waals surface area contributed by atoms with Gasteiger partial charge < -0.3 is 10.1 Å². The first-order chi connectivity index (χ1) is 8.79. The van der Waals surface area contributed by atoms with Crippen LogP contribution in [0.3, 0.4) is 0 Å². The zero-order valence-electron chi connectivity index (χ0n) is 10.1. The van der Waals surface area contributed by atoms with Crippen molar-refractivity contribution >= 4 is 28.9 Å². The maximum Gasteiger partial charge on any atom is 0.249 e. The summed E-state index contributed by atoms with van der Waals surface area (Å²) in [7, 11) is 1.61. The van der Waals surface area contributed by atoms with Gasteiger partial charge in [-0.3, -0.25) is 9.79 Å². The standard InChI is InChI=1S/C13H14N2O2S/c1-17-11-5-3-2-4-10(11)6-7-12(16)15-13-14-8-9-18-13/h2-7H,8-9H2,1H3,(H,14,15,16)/b7-6+. The molecule has 1 heterocycles. The van der Waals surface area contributed by atoms with E-state index in [0.717, 1.165) is 23.6 Å². The van der Waals surface area contributed by atoms with E-state index in [1.165, 1.54) is 6.08 Å². The van der Waals surface area contributed by atoms with Crippen LogP contribution in [0, 0.1) is 0 Å². The summed E-state index contributed by atoms with van der Waals surface area (Å²) in [5.41, 5.74) is 0.871. The average Bonchev–Trinajstić information content (AvgIpc) is 2.89. The van der Waals surface area contributed by atoms with Crippen molar-refractivity contribution in [2.24, 2.45) is 4.99 Å². The fourth-order valence-electron chi connectivity index (χ4n) is 1.53. The third-order valence-corrected chi connectivity index (χ3v) is 3.26. The molecule has 1 aliphatic rings. The molecule has 0 saturated heterocycles. The van der Waals surface area contributed by atoms with Gasteiger partial charge in [0.15, 0.2) is 5.17 Å². The summed E-state index contributed by atoms with van der Waals surface area (Å²) in [6, 6.07) is 7.54. The highest BCUT2D eigenvalue weighted by molar-refractivity contribution is 8.14. The van der Waals surface area contributed by atoms with Crippen molar-refractivity contribution in [3.05, 3.63) is 35.9 Å². The number of ether oxygens (including phenoxy) is 1. The van der Waals surface area contributed by atoms with E-state index in [1.54, 1.807) is 24.9 Å². The monoisotopic (exact) mass is 262 g/mol. The molecule has 0 spiro atoms. The van der Waals surface area contributed by atoms with Gasteiger partial charge in [0.05, 0.1) is 13.7 Å². The van der Waals surface area contributed by atoms with Crippen LogP contribution in [0.4, 0.5) is 0 Å². The molecule has 4 nitrogen and oxygen atoms in total. The smallest absolute Gasteiger partial charge is 0.249 e. The summed E-state index contributed by atoms with van der Waals surface area (Å²) < 4.78 is 5.20. The van der Waals surface area contributed by atoms with Crippen LogP contribution in [0.15, 0.2) is 35.3 Å². The number of nitrogens with zero attached hydrogens (tertiary/aromatic N) is 1. The lowest BCUT2D eigenvalue weighted by Gasteiger charge is -2.03. The number of thioether (sulfide) groups is 1. The molecule has 94 valence electrons. The van der Waals surface area contributed by atoms with Gasteiger partial charge in [-0.15, -0.1) is 0 Å². The summed E-state index contributed by atoms with van der Waals surface area (Å²) >= 11 is 1.56. The Morgan fingerprint density at radius 2 is 2.33 bits per heavy atom. The maximum absolute atomic E-state index is 11.6. The van der Waals surface area contributed by atoms with Crippen LogP contribution >= 0.6 is 11.8 Å². The predicted octanol–water partition coefficient (Wildman–Crippen LogP) is 1.93. The van der Waals surface area contributed by atoms with Crippen molar-refractivity contribution < 1.29 is 9.53 Å². The molecule has 1 aromatic carbocycles. The molecule has 1 amide bonds. The molecule has 0 saturated carbocycles. The first-order valence-electron chi connectivity index (χ1n) is 5.59. The normalized spacial score (nSPS) is 14.6. The van der Waals surface area contributed by atoms with Crippen LogP contribution in [0.2, 0.25) is 0 Å². The molecular weight excluding hydrogens is 248 g/mol. The van der Waals surface area contributed by atoms with Gasteiger partial charge >= 0.3 is 0 Å². The Kier molecular flexibility index (Phi) is 4.41. The molecular formula is C13H14N2O2S. The largest absolute Gasteiger partial charge is 0.496 e. The topological polar surface area (TPSA) is 50.7 Å². The number of rotatable bonds is 3. The van der Waals surface area contributed by atoms with Crippen LogP contribution in [0.1, 0.15) is 5.56 Å². The lowest BCUT2D eigenvalue weighted by Crippen LogP contribution is -2.25. The Labute approximate surface area is 110 Å². The van der Waals surface area contributed by atoms with Crippen molar-refractivity contribution in [2.45, 2.75) is 0 Å². The van der Waals surface area contributed by atoms with Gasteiger partial charge in [-0.1, -0.05) is 30.0 Å². The number of carbonyl (C=O) groups is 1. The van der Waals surface area contributed by atoms with Crippen LogP contribution in [0.5, 0.6) is 5.75 Å². The van der Waals surface area contributed by atoms with Gasteiger partial charge in [0.2, 0.25) is 5.91 Å². The number of carbonyl (C=O) groups excluding carboxylic acids is 1. The second kappa shape index (κ2) is 6.26. The molecule has 5 heteroatoms. The number of hydrogen-bond acceptors (Lipinski definition) is 4. The summed E-state index contributed by atoms with van der Waals surface area (Å²) in [4.78, 5) is 15.8. The zero-order valence-corrected chi connectivity index (χ0v) is 10.9. The second-order valence-electron chi connectivity index (χ2n) is 3.60. The lowest BCUT2D eigenvalue weighted by molar-refractivity contribution is -0.115. The van der Waals surface area contributed by atoms with E-state index >= 15 is 0 Å². The summed E-state index contributed by atoms with van der Waals surface area (Å²) in [6.07, 6.45) is 3.22. The van der Waals surface area contributed by atoms with E-state index in [4.69, 9.17) is 4.74 Å². The van der Waals surface area contributed by atoms with Crippen molar-refractivity contribution in [1.29, 1.82) is 0 Å². The average molecular weight is 262 g/mol. The molecule has 0 aliphatic carbocycles. The number of amides is 1. The van der Waals surface area contributed by atoms with E-state index in [-0.39, 0.29) is 5.91 Å². The first kappa shape index (κ1) is 12.7. The Balaban J connectivity index is 1.99. The summed E-state index contributed by atoms with van der Waals surface area (Å²) in [6.45, 7) is 0.774. The zero-order chi connectivity index (χ0) is 12.8. The molecule has 1 aromatic rings. The highest BCUT2D eigenvalue weighted by atomic mass is 32.2. The Hall–Kier alpha value is -1.75. The molecule has 0 aromatic heterocycles. The van der Waals surface area contributed by atoms with Crippen LogP contribution in [-0.4, -0.2) is 30.5 Å². The number of benzene rings is 1. The van der Waals surface area contributed by atoms with Gasteiger partial charge in [0.25, 0.3) is 0 Å². The Morgan fingerprint density at radius 1 is 1.50 bits per heavy atom. The van der Waals surface area contributed by atoms with Gasteiger partial charge in [-0.25, -0.2) is 0 Å². The van der Waals surface area contributed by atoms with E-state index in [9.17, 15) is 4.79 Å². The third-order valence-electron chi connectivity index (χ3n) is 2.37. The minimum atomic E-state index is -0.172. The minimum absolute atomic E-state index is 0.172. The third kappa shape index (κ3) is 3.37. The number of amidine groups is 1. The molecule has 0 atom stereocenters. The van der Waals surface area contributed by atoms with Gasteiger partial charge in [-0.05, 0) is 12.1 Å². The van der Waals surface area contributed by atoms with Crippen LogP contribution < -0.4 is 10.1 Å². The maximum atomic E-state index is 11.6. The van der Waals surface area contributed by atoms with Crippen molar-refractivity contribution in [2.75, 3.05) is 19.4 Å². The van der Waals surface area contributed by atoms with E-state index in [1.807, 2.05) is 24.3 Å². The number of aliphatic imine (C=N–C) groups is 1. The molecule has 0 bridgehead atoms. The lowest BCUT2D eigenvalue weighted by atomic mass is 10.2. The Morgan fingerprint density at radius 3 is 3.06 bits per heavy atom. The number of nitrogens with one attached hydrogen (secondary N) is 1. The molecule has 2 rings (SSSR count). The minimum Gasteiger partial charge on any atom is -0.496 e. The molecule has 18 heavy (non-hydrogen) atoms. The molecule has 0 fully saturated rings. The number of para-hydroxylation sites is 1. The molecule has 0 unspecified atom stereocenters. The van der Waals surface area contributed by atoms with E-state index in [2.05, 4.69) is 10.3 Å². The van der Waals surface area contributed by atoms with Gasteiger partial charge in [0.1, 0.15) is 5.75 Å². The number of methoxy groups -OCH3 is 1. The SMILES string of the molecule is COc1ccccc1/C=C/C(=O)NC1=NCCS1. The van der Waals surface area contributed by atoms with Crippen LogP contribution in [0.25, 0.3) is 6.08 Å². The number of hydrogen-bond donors (Lipinski definition) is 1. The molecule has 1 aliphatic heterocycles. The highest BCUT2D eigenvalue weighted by Gasteiger charge is 2.08. The van der Waals surface area contributed by atoms with Crippen molar-refractivity contribution in [3.63, 3.8) is 0 Å². The molecule has 1 N–H and O–H groups in total. The predicted molar refractivity (Wildman–Crippen MR) is 74.9 cm³/mol. The van der Waals surface area contributed by atoms with Crippen molar-refractivity contribution in [1.82, 2.24) is 5.32 Å². The molecule has 0 radical (unpaired) electrons. The first-order valence-corrected chi connectivity index (χ1v) is 6.57. The summed E-state index contributed by atoms with van der Waals surface area (Å²) in [5.74, 6) is 1.51. The highest BCUT2D eigenvalue weighted by Crippen LogP contribution is 2.18. The van der Waals surface area contributed by atoms with Gasteiger partial charge in [-0.2, -0.15) is 0 Å². The fourth-order valence-corrected chi connectivity index (χ4v) is 2.26. The van der Waals surface area contributed by atoms with E-state index < -0.39 is 0 Å².